The van der Waals surface area contributed by atoms with Crippen LogP contribution in [0, 0.1) is 0 Å². The van der Waals surface area contributed by atoms with Crippen LogP contribution in [-0.4, -0.2) is 21.8 Å². The monoisotopic (exact) mass is 350 g/mol. The van der Waals surface area contributed by atoms with E-state index in [1.165, 1.54) is 22.3 Å². The molecule has 1 aliphatic carbocycles. The average molecular weight is 350 g/mol. The van der Waals surface area contributed by atoms with Gasteiger partial charge in [0.05, 0.1) is 11.4 Å². The molecule has 0 aromatic heterocycles. The molecule has 0 amide bonds. The molecule has 1 aliphatic rings. The van der Waals surface area contributed by atoms with E-state index in [0.29, 0.717) is 24.3 Å². The van der Waals surface area contributed by atoms with E-state index >= 15 is 0 Å². The molecule has 2 N–H and O–H groups in total. The smallest absolute Gasteiger partial charge is 0.0871 e. The summed E-state index contributed by atoms with van der Waals surface area (Å²) in [5.41, 5.74) is 7.46. The van der Waals surface area contributed by atoms with Gasteiger partial charge in [0.1, 0.15) is 0 Å². The molecule has 3 rings (SSSR count). The van der Waals surface area contributed by atoms with Crippen molar-refractivity contribution in [3.8, 4) is 11.1 Å². The number of hydrogen-bond acceptors (Lipinski definition) is 4. The lowest BCUT2D eigenvalue weighted by Gasteiger charge is -2.30. The third kappa shape index (κ3) is 2.79. The van der Waals surface area contributed by atoms with Crippen LogP contribution in [0.4, 0.5) is 0 Å². The third-order valence-corrected chi connectivity index (χ3v) is 5.82. The van der Waals surface area contributed by atoms with Crippen LogP contribution in [0.1, 0.15) is 63.1 Å². The highest BCUT2D eigenvalue weighted by Gasteiger charge is 2.40. The van der Waals surface area contributed by atoms with Crippen molar-refractivity contribution in [1.82, 2.24) is 0 Å². The van der Waals surface area contributed by atoms with Gasteiger partial charge in [0.15, 0.2) is 0 Å². The molecule has 4 nitrogen and oxygen atoms in total. The lowest BCUT2D eigenvalue weighted by Crippen LogP contribution is -2.23. The summed E-state index contributed by atoms with van der Waals surface area (Å²) >= 11 is 0. The van der Waals surface area contributed by atoms with Crippen molar-refractivity contribution in [2.75, 3.05) is 0 Å². The first-order chi connectivity index (χ1) is 12.6. The van der Waals surface area contributed by atoms with Crippen LogP contribution in [0.5, 0.6) is 0 Å². The molecule has 0 radical (unpaired) electrons. The van der Waals surface area contributed by atoms with Crippen LogP contribution in [0.15, 0.2) is 52.8 Å². The van der Waals surface area contributed by atoms with E-state index in [-0.39, 0.29) is 5.41 Å². The van der Waals surface area contributed by atoms with Crippen LogP contribution in [0.3, 0.4) is 0 Å². The summed E-state index contributed by atoms with van der Waals surface area (Å²) in [7, 11) is 0. The molecule has 0 saturated heterocycles. The average Bonchev–Trinajstić information content (AvgIpc) is 2.98. The van der Waals surface area contributed by atoms with Crippen LogP contribution in [0.2, 0.25) is 0 Å². The zero-order chi connectivity index (χ0) is 18.7. The maximum absolute atomic E-state index is 9.52. The van der Waals surface area contributed by atoms with Gasteiger partial charge < -0.3 is 10.4 Å². The SMILES string of the molecule is CCC1(CC)c2ccccc2-c2ccc(C(CCC(C)=NO)=NO)cc21. The lowest BCUT2D eigenvalue weighted by molar-refractivity contribution is 0.315. The zero-order valence-electron chi connectivity index (χ0n) is 15.7. The van der Waals surface area contributed by atoms with Crippen LogP contribution >= 0.6 is 0 Å². The van der Waals surface area contributed by atoms with E-state index < -0.39 is 0 Å². The minimum atomic E-state index is 0.00494. The van der Waals surface area contributed by atoms with Gasteiger partial charge in [0, 0.05) is 5.41 Å². The fourth-order valence-electron chi connectivity index (χ4n) is 4.25. The number of hydrogen-bond donors (Lipinski definition) is 2. The van der Waals surface area contributed by atoms with Crippen molar-refractivity contribution in [3.63, 3.8) is 0 Å². The highest BCUT2D eigenvalue weighted by molar-refractivity contribution is 6.03. The standard InChI is InChI=1S/C22H26N2O2/c1-4-22(5-2)19-9-7-6-8-17(19)18-12-11-16(14-20(18)22)21(24-26)13-10-15(3)23-25/h6-9,11-12,14,25-26H,4-5,10,13H2,1-3H3. The fourth-order valence-corrected chi connectivity index (χ4v) is 4.25. The molecule has 0 fully saturated rings. The maximum atomic E-state index is 9.52. The van der Waals surface area contributed by atoms with Gasteiger partial charge in [-0.1, -0.05) is 60.6 Å². The fraction of sp³-hybridized carbons (Fsp3) is 0.364. The summed E-state index contributed by atoms with van der Waals surface area (Å²) in [6.07, 6.45) is 3.14. The van der Waals surface area contributed by atoms with Crippen molar-refractivity contribution < 1.29 is 10.4 Å². The van der Waals surface area contributed by atoms with Gasteiger partial charge in [-0.15, -0.1) is 0 Å². The maximum Gasteiger partial charge on any atom is 0.0871 e. The van der Waals surface area contributed by atoms with Crippen molar-refractivity contribution in [2.24, 2.45) is 10.3 Å². The van der Waals surface area contributed by atoms with E-state index in [2.05, 4.69) is 60.6 Å². The molecule has 0 bridgehead atoms. The molecule has 2 aromatic rings. The van der Waals surface area contributed by atoms with Crippen LogP contribution < -0.4 is 0 Å². The second-order valence-electron chi connectivity index (χ2n) is 6.98. The first-order valence-corrected chi connectivity index (χ1v) is 9.24. The lowest BCUT2D eigenvalue weighted by atomic mass is 9.73. The second-order valence-corrected chi connectivity index (χ2v) is 6.98. The molecule has 0 spiro atoms. The molecule has 4 heteroatoms. The molecule has 2 aromatic carbocycles. The van der Waals surface area contributed by atoms with Gasteiger partial charge in [0.2, 0.25) is 0 Å². The predicted octanol–water partition coefficient (Wildman–Crippen LogP) is 5.58. The van der Waals surface area contributed by atoms with Crippen LogP contribution in [0.25, 0.3) is 11.1 Å². The first-order valence-electron chi connectivity index (χ1n) is 9.24. The van der Waals surface area contributed by atoms with E-state index in [1.54, 1.807) is 6.92 Å². The summed E-state index contributed by atoms with van der Waals surface area (Å²) in [4.78, 5) is 0. The van der Waals surface area contributed by atoms with Crippen molar-refractivity contribution >= 4 is 11.4 Å². The number of rotatable bonds is 6. The van der Waals surface area contributed by atoms with Gasteiger partial charge >= 0.3 is 0 Å². The first kappa shape index (κ1) is 18.2. The van der Waals surface area contributed by atoms with Gasteiger partial charge in [0.25, 0.3) is 0 Å². The number of nitrogens with zero attached hydrogens (tertiary/aromatic N) is 2. The molecule has 26 heavy (non-hydrogen) atoms. The largest absolute Gasteiger partial charge is 0.411 e. The van der Waals surface area contributed by atoms with Crippen LogP contribution in [-0.2, 0) is 5.41 Å². The summed E-state index contributed by atoms with van der Waals surface area (Å²) in [6, 6.07) is 15.0. The predicted molar refractivity (Wildman–Crippen MR) is 106 cm³/mol. The Hall–Kier alpha value is -2.62. The van der Waals surface area contributed by atoms with E-state index in [9.17, 15) is 5.21 Å². The van der Waals surface area contributed by atoms with Crippen molar-refractivity contribution in [2.45, 2.75) is 51.9 Å². The summed E-state index contributed by atoms with van der Waals surface area (Å²) < 4.78 is 0. The zero-order valence-corrected chi connectivity index (χ0v) is 15.7. The van der Waals surface area contributed by atoms with E-state index in [1.807, 2.05) is 6.07 Å². The van der Waals surface area contributed by atoms with E-state index in [4.69, 9.17) is 5.21 Å². The van der Waals surface area contributed by atoms with E-state index in [0.717, 1.165) is 18.4 Å². The van der Waals surface area contributed by atoms with Gasteiger partial charge in [-0.25, -0.2) is 0 Å². The Balaban J connectivity index is 2.07. The number of oxime groups is 2. The molecular weight excluding hydrogens is 324 g/mol. The molecule has 0 aliphatic heterocycles. The third-order valence-electron chi connectivity index (χ3n) is 5.82. The molecule has 0 unspecified atom stereocenters. The molecule has 0 saturated carbocycles. The Labute approximate surface area is 154 Å². The summed E-state index contributed by atoms with van der Waals surface area (Å²) in [5.74, 6) is 0. The van der Waals surface area contributed by atoms with Crippen molar-refractivity contribution in [3.05, 3.63) is 59.2 Å². The second kappa shape index (κ2) is 7.32. The Bertz CT molecular complexity index is 864. The topological polar surface area (TPSA) is 65.2 Å². The Morgan fingerprint density at radius 2 is 1.58 bits per heavy atom. The molecule has 0 atom stereocenters. The molecular formula is C22H26N2O2. The Morgan fingerprint density at radius 1 is 0.885 bits per heavy atom. The highest BCUT2D eigenvalue weighted by Crippen LogP contribution is 2.52. The number of benzene rings is 2. The summed E-state index contributed by atoms with van der Waals surface area (Å²) in [5, 5.41) is 25.1. The van der Waals surface area contributed by atoms with Gasteiger partial charge in [-0.2, -0.15) is 0 Å². The minimum absolute atomic E-state index is 0.00494. The normalized spacial score (nSPS) is 15.7. The molecule has 136 valence electrons. The Kier molecular flexibility index (Phi) is 5.12. The summed E-state index contributed by atoms with van der Waals surface area (Å²) in [6.45, 7) is 6.24. The van der Waals surface area contributed by atoms with Crippen molar-refractivity contribution in [1.29, 1.82) is 0 Å². The quantitative estimate of drug-likeness (QED) is 0.406. The molecule has 0 heterocycles. The minimum Gasteiger partial charge on any atom is -0.411 e. The van der Waals surface area contributed by atoms with Gasteiger partial charge in [-0.3, -0.25) is 0 Å². The number of fused-ring (bicyclic) bond motifs is 3. The van der Waals surface area contributed by atoms with Gasteiger partial charge in [-0.05, 0) is 66.5 Å². The Morgan fingerprint density at radius 3 is 2.23 bits per heavy atom. The highest BCUT2D eigenvalue weighted by atomic mass is 16.4.